The molecule has 1 heterocycles. The quantitative estimate of drug-likeness (QED) is 0.539. The largest absolute Gasteiger partial charge is 0.303 e. The van der Waals surface area contributed by atoms with Crippen molar-refractivity contribution in [3.8, 4) is 6.07 Å². The highest BCUT2D eigenvalue weighted by atomic mass is 15.4. The molecule has 0 saturated carbocycles. The maximum atomic E-state index is 8.55. The van der Waals surface area contributed by atoms with Crippen molar-refractivity contribution in [2.75, 3.05) is 0 Å². The Bertz CT molecular complexity index is 209. The summed E-state index contributed by atoms with van der Waals surface area (Å²) in [5.41, 5.74) is 3.46. The lowest BCUT2D eigenvalue weighted by Gasteiger charge is -2.22. The van der Waals surface area contributed by atoms with Crippen molar-refractivity contribution in [3.05, 3.63) is 0 Å². The van der Waals surface area contributed by atoms with Crippen LogP contribution in [0.5, 0.6) is 0 Å². The van der Waals surface area contributed by atoms with E-state index in [0.29, 0.717) is 5.71 Å². The fraction of sp³-hybridized carbons (Fsp3) is 0.714. The Kier molecular flexibility index (Phi) is 1.40. The minimum Gasteiger partial charge on any atom is -0.303 e. The Labute approximate surface area is 60.7 Å². The molecular formula is C7H11N3. The summed E-state index contributed by atoms with van der Waals surface area (Å²) in [5, 5.41) is 12.4. The van der Waals surface area contributed by atoms with Crippen molar-refractivity contribution < 1.29 is 0 Å². The first-order valence-electron chi connectivity index (χ1n) is 3.33. The van der Waals surface area contributed by atoms with Gasteiger partial charge in [0.2, 0.25) is 0 Å². The number of hydrazone groups is 1. The third-order valence-corrected chi connectivity index (χ3v) is 2.07. The lowest BCUT2D eigenvalue weighted by molar-refractivity contribution is 0.370. The van der Waals surface area contributed by atoms with E-state index in [1.54, 1.807) is 0 Å². The zero-order valence-corrected chi connectivity index (χ0v) is 6.47. The van der Waals surface area contributed by atoms with Crippen molar-refractivity contribution in [1.29, 1.82) is 5.26 Å². The second kappa shape index (κ2) is 1.98. The zero-order chi connectivity index (χ0) is 7.78. The van der Waals surface area contributed by atoms with Crippen LogP contribution in [0.15, 0.2) is 5.10 Å². The van der Waals surface area contributed by atoms with Gasteiger partial charge in [0.1, 0.15) is 11.8 Å². The summed E-state index contributed by atoms with van der Waals surface area (Å²) in [4.78, 5) is 0. The summed E-state index contributed by atoms with van der Waals surface area (Å²) in [7, 11) is 0. The Hall–Kier alpha value is -1.04. The maximum Gasteiger partial charge on any atom is 0.142 e. The summed E-state index contributed by atoms with van der Waals surface area (Å²) in [6.07, 6.45) is 0. The van der Waals surface area contributed by atoms with Crippen LogP contribution in [0.3, 0.4) is 0 Å². The van der Waals surface area contributed by atoms with Gasteiger partial charge in [0, 0.05) is 5.92 Å². The number of nitriles is 1. The Morgan fingerprint density at radius 2 is 2.30 bits per heavy atom. The average molecular weight is 137 g/mol. The number of nitrogens with zero attached hydrogens (tertiary/aromatic N) is 2. The first-order chi connectivity index (χ1) is 4.58. The Morgan fingerprint density at radius 1 is 1.70 bits per heavy atom. The first kappa shape index (κ1) is 7.07. The van der Waals surface area contributed by atoms with Gasteiger partial charge in [-0.25, -0.2) is 0 Å². The second-order valence-electron chi connectivity index (χ2n) is 3.16. The normalized spacial score (nSPS) is 28.6. The van der Waals surface area contributed by atoms with Gasteiger partial charge >= 0.3 is 0 Å². The smallest absolute Gasteiger partial charge is 0.142 e. The fourth-order valence-corrected chi connectivity index (χ4v) is 0.862. The van der Waals surface area contributed by atoms with Gasteiger partial charge in [-0.3, -0.25) is 0 Å². The van der Waals surface area contributed by atoms with E-state index in [9.17, 15) is 0 Å². The molecular weight excluding hydrogens is 126 g/mol. The second-order valence-corrected chi connectivity index (χ2v) is 3.16. The molecule has 0 aromatic rings. The molecule has 0 spiro atoms. The summed E-state index contributed by atoms with van der Waals surface area (Å²) in [5.74, 6) is 0.220. The lowest BCUT2D eigenvalue weighted by Crippen LogP contribution is -2.38. The Morgan fingerprint density at radius 3 is 2.50 bits per heavy atom. The lowest BCUT2D eigenvalue weighted by atomic mass is 9.88. The van der Waals surface area contributed by atoms with Crippen LogP contribution >= 0.6 is 0 Å². The molecule has 0 saturated heterocycles. The van der Waals surface area contributed by atoms with E-state index in [4.69, 9.17) is 5.26 Å². The van der Waals surface area contributed by atoms with Crippen LogP contribution in [0.4, 0.5) is 0 Å². The minimum atomic E-state index is -0.0505. The SMILES string of the molecule is CC1C(C#N)=NNC1(C)C. The molecule has 3 heteroatoms. The van der Waals surface area contributed by atoms with Crippen LogP contribution in [0.25, 0.3) is 0 Å². The van der Waals surface area contributed by atoms with E-state index in [1.807, 2.05) is 20.8 Å². The van der Waals surface area contributed by atoms with Crippen LogP contribution in [0.1, 0.15) is 20.8 Å². The molecule has 1 atom stereocenters. The molecule has 54 valence electrons. The monoisotopic (exact) mass is 137 g/mol. The van der Waals surface area contributed by atoms with Crippen molar-refractivity contribution in [2.45, 2.75) is 26.3 Å². The van der Waals surface area contributed by atoms with E-state index >= 15 is 0 Å². The van der Waals surface area contributed by atoms with Gasteiger partial charge in [-0.1, -0.05) is 6.92 Å². The predicted octanol–water partition coefficient (Wildman–Crippen LogP) is 0.884. The van der Waals surface area contributed by atoms with E-state index in [0.717, 1.165) is 0 Å². The number of rotatable bonds is 0. The molecule has 0 amide bonds. The summed E-state index contributed by atoms with van der Waals surface area (Å²) in [6, 6.07) is 2.06. The third kappa shape index (κ3) is 0.860. The summed E-state index contributed by atoms with van der Waals surface area (Å²) >= 11 is 0. The standard InChI is InChI=1S/C7H11N3/c1-5-6(4-8)9-10-7(5,2)3/h5,10H,1-3H3. The molecule has 0 fully saturated rings. The van der Waals surface area contributed by atoms with E-state index in [2.05, 4.69) is 16.6 Å². The fourth-order valence-electron chi connectivity index (χ4n) is 0.862. The first-order valence-corrected chi connectivity index (χ1v) is 3.33. The van der Waals surface area contributed by atoms with Crippen LogP contribution in [0.2, 0.25) is 0 Å². The number of nitrogens with one attached hydrogen (secondary N) is 1. The average Bonchev–Trinajstić information content (AvgIpc) is 2.10. The molecule has 0 aromatic carbocycles. The number of hydrogen-bond acceptors (Lipinski definition) is 3. The van der Waals surface area contributed by atoms with Gasteiger partial charge in [-0.15, -0.1) is 0 Å². The van der Waals surface area contributed by atoms with Gasteiger partial charge < -0.3 is 5.43 Å². The summed E-state index contributed by atoms with van der Waals surface area (Å²) < 4.78 is 0. The van der Waals surface area contributed by atoms with Crippen molar-refractivity contribution >= 4 is 5.71 Å². The van der Waals surface area contributed by atoms with Gasteiger partial charge in [-0.2, -0.15) is 10.4 Å². The molecule has 1 N–H and O–H groups in total. The third-order valence-electron chi connectivity index (χ3n) is 2.07. The van der Waals surface area contributed by atoms with Crippen molar-refractivity contribution in [2.24, 2.45) is 11.0 Å². The van der Waals surface area contributed by atoms with Crippen LogP contribution in [-0.2, 0) is 0 Å². The number of hydrogen-bond donors (Lipinski definition) is 1. The van der Waals surface area contributed by atoms with Gasteiger partial charge in [0.25, 0.3) is 0 Å². The molecule has 0 aliphatic carbocycles. The van der Waals surface area contributed by atoms with Crippen LogP contribution < -0.4 is 5.43 Å². The topological polar surface area (TPSA) is 48.2 Å². The Balaban J connectivity index is 2.82. The summed E-state index contributed by atoms with van der Waals surface area (Å²) in [6.45, 7) is 6.07. The van der Waals surface area contributed by atoms with Crippen LogP contribution in [0, 0.1) is 17.2 Å². The molecule has 0 radical (unpaired) electrons. The highest BCUT2D eigenvalue weighted by molar-refractivity contribution is 6.01. The van der Waals surface area contributed by atoms with Crippen molar-refractivity contribution in [1.82, 2.24) is 5.43 Å². The van der Waals surface area contributed by atoms with E-state index in [-0.39, 0.29) is 11.5 Å². The maximum absolute atomic E-state index is 8.55. The molecule has 10 heavy (non-hydrogen) atoms. The zero-order valence-electron chi connectivity index (χ0n) is 6.47. The van der Waals surface area contributed by atoms with Gasteiger partial charge in [0.15, 0.2) is 0 Å². The molecule has 1 rings (SSSR count). The van der Waals surface area contributed by atoms with Crippen molar-refractivity contribution in [3.63, 3.8) is 0 Å². The molecule has 0 aromatic heterocycles. The van der Waals surface area contributed by atoms with E-state index < -0.39 is 0 Å². The molecule has 1 aliphatic rings. The minimum absolute atomic E-state index is 0.0505. The highest BCUT2D eigenvalue weighted by Crippen LogP contribution is 2.22. The predicted molar refractivity (Wildman–Crippen MR) is 39.4 cm³/mol. The van der Waals surface area contributed by atoms with Gasteiger partial charge in [0.05, 0.1) is 5.54 Å². The molecule has 1 aliphatic heterocycles. The molecule has 1 unspecified atom stereocenters. The molecule has 0 bridgehead atoms. The van der Waals surface area contributed by atoms with Crippen LogP contribution in [-0.4, -0.2) is 11.3 Å². The molecule has 3 nitrogen and oxygen atoms in total. The highest BCUT2D eigenvalue weighted by Gasteiger charge is 2.34. The van der Waals surface area contributed by atoms with E-state index in [1.165, 1.54) is 0 Å². The van der Waals surface area contributed by atoms with Gasteiger partial charge in [-0.05, 0) is 13.8 Å².